The average molecular weight is 247 g/mol. The van der Waals surface area contributed by atoms with E-state index in [2.05, 4.69) is 28.8 Å². The molecule has 1 atom stereocenters. The molecule has 0 bridgehead atoms. The highest BCUT2D eigenvalue weighted by molar-refractivity contribution is 6.31. The molecule has 1 aromatic carbocycles. The average Bonchev–Trinajstić information content (AvgIpc) is 2.23. The van der Waals surface area contributed by atoms with Crippen LogP contribution < -0.4 is 10.6 Å². The summed E-state index contributed by atoms with van der Waals surface area (Å²) < 4.78 is 0. The first-order valence-corrected chi connectivity index (χ1v) is 5.35. The number of piperazine rings is 1. The second kappa shape index (κ2) is 5.71. The van der Waals surface area contributed by atoms with Crippen LogP contribution >= 0.6 is 24.0 Å². The highest BCUT2D eigenvalue weighted by Crippen LogP contribution is 2.21. The number of halogens is 2. The number of hydrogen-bond donors (Lipinski definition) is 2. The zero-order valence-electron chi connectivity index (χ0n) is 8.72. The largest absolute Gasteiger partial charge is 0.314 e. The van der Waals surface area contributed by atoms with Crippen molar-refractivity contribution in [2.75, 3.05) is 19.6 Å². The molecule has 1 fully saturated rings. The Morgan fingerprint density at radius 3 is 2.73 bits per heavy atom. The zero-order valence-corrected chi connectivity index (χ0v) is 10.3. The summed E-state index contributed by atoms with van der Waals surface area (Å²) >= 11 is 6.08. The standard InChI is InChI=1S/C11H15ClN2.ClH/c1-8-2-3-9(6-10(8)12)11-7-13-4-5-14-11;/h2-3,6,11,13-14H,4-5,7H2,1H3;1H/t11-;/m0./s1. The first kappa shape index (κ1) is 12.8. The Bertz CT molecular complexity index is 322. The molecular formula is C11H16Cl2N2. The van der Waals surface area contributed by atoms with E-state index in [0.29, 0.717) is 6.04 Å². The molecule has 2 N–H and O–H groups in total. The van der Waals surface area contributed by atoms with E-state index in [1.54, 1.807) is 0 Å². The van der Waals surface area contributed by atoms with Crippen molar-refractivity contribution in [1.82, 2.24) is 10.6 Å². The predicted molar refractivity (Wildman–Crippen MR) is 67.1 cm³/mol. The summed E-state index contributed by atoms with van der Waals surface area (Å²) in [5, 5.41) is 7.68. The van der Waals surface area contributed by atoms with E-state index in [-0.39, 0.29) is 12.4 Å². The van der Waals surface area contributed by atoms with Gasteiger partial charge in [-0.05, 0) is 24.1 Å². The minimum atomic E-state index is 0. The Hall–Kier alpha value is -0.280. The van der Waals surface area contributed by atoms with Crippen LogP contribution in [0.2, 0.25) is 5.02 Å². The quantitative estimate of drug-likeness (QED) is 0.795. The van der Waals surface area contributed by atoms with Crippen LogP contribution in [0.1, 0.15) is 17.2 Å². The minimum Gasteiger partial charge on any atom is -0.314 e. The van der Waals surface area contributed by atoms with Crippen molar-refractivity contribution in [3.05, 3.63) is 34.3 Å². The molecule has 0 aliphatic carbocycles. The summed E-state index contributed by atoms with van der Waals surface area (Å²) in [7, 11) is 0. The third kappa shape index (κ3) is 3.08. The van der Waals surface area contributed by atoms with E-state index in [0.717, 1.165) is 30.2 Å². The molecule has 0 spiro atoms. The fraction of sp³-hybridized carbons (Fsp3) is 0.455. The van der Waals surface area contributed by atoms with Crippen molar-refractivity contribution in [3.8, 4) is 0 Å². The molecule has 1 aliphatic heterocycles. The fourth-order valence-electron chi connectivity index (χ4n) is 1.71. The lowest BCUT2D eigenvalue weighted by Crippen LogP contribution is -2.42. The van der Waals surface area contributed by atoms with Gasteiger partial charge in [0.15, 0.2) is 0 Å². The van der Waals surface area contributed by atoms with Gasteiger partial charge in [0.05, 0.1) is 0 Å². The first-order valence-electron chi connectivity index (χ1n) is 4.97. The van der Waals surface area contributed by atoms with Crippen molar-refractivity contribution < 1.29 is 0 Å². The van der Waals surface area contributed by atoms with Gasteiger partial charge in [-0.2, -0.15) is 0 Å². The topological polar surface area (TPSA) is 24.1 Å². The van der Waals surface area contributed by atoms with Crippen molar-refractivity contribution >= 4 is 24.0 Å². The molecule has 1 saturated heterocycles. The third-order valence-electron chi connectivity index (χ3n) is 2.64. The maximum atomic E-state index is 6.08. The number of hydrogen-bond acceptors (Lipinski definition) is 2. The van der Waals surface area contributed by atoms with E-state index in [1.165, 1.54) is 5.56 Å². The van der Waals surface area contributed by atoms with Gasteiger partial charge in [0.2, 0.25) is 0 Å². The molecule has 4 heteroatoms. The molecule has 0 unspecified atom stereocenters. The molecular weight excluding hydrogens is 231 g/mol. The van der Waals surface area contributed by atoms with Crippen LogP contribution in [0.15, 0.2) is 18.2 Å². The van der Waals surface area contributed by atoms with Gasteiger partial charge in [-0.25, -0.2) is 0 Å². The molecule has 1 aliphatic rings. The summed E-state index contributed by atoms with van der Waals surface area (Å²) in [4.78, 5) is 0. The molecule has 2 nitrogen and oxygen atoms in total. The van der Waals surface area contributed by atoms with Gasteiger partial charge in [-0.15, -0.1) is 12.4 Å². The van der Waals surface area contributed by atoms with E-state index in [4.69, 9.17) is 11.6 Å². The van der Waals surface area contributed by atoms with Gasteiger partial charge in [-0.1, -0.05) is 23.7 Å². The number of rotatable bonds is 1. The third-order valence-corrected chi connectivity index (χ3v) is 3.05. The van der Waals surface area contributed by atoms with Gasteiger partial charge in [-0.3, -0.25) is 0 Å². The normalized spacial score (nSPS) is 20.8. The molecule has 2 rings (SSSR count). The van der Waals surface area contributed by atoms with Crippen LogP contribution in [0, 0.1) is 6.92 Å². The maximum absolute atomic E-state index is 6.08. The summed E-state index contributed by atoms with van der Waals surface area (Å²) in [6.45, 7) is 5.09. The van der Waals surface area contributed by atoms with Gasteiger partial charge in [0.25, 0.3) is 0 Å². The molecule has 0 aromatic heterocycles. The van der Waals surface area contributed by atoms with Crippen LogP contribution in [-0.4, -0.2) is 19.6 Å². The number of nitrogens with one attached hydrogen (secondary N) is 2. The molecule has 0 amide bonds. The van der Waals surface area contributed by atoms with E-state index < -0.39 is 0 Å². The van der Waals surface area contributed by atoms with Crippen LogP contribution in [0.25, 0.3) is 0 Å². The summed E-state index contributed by atoms with van der Waals surface area (Å²) in [6.07, 6.45) is 0. The van der Waals surface area contributed by atoms with Crippen molar-refractivity contribution in [3.63, 3.8) is 0 Å². The van der Waals surface area contributed by atoms with E-state index in [1.807, 2.05) is 6.92 Å². The lowest BCUT2D eigenvalue weighted by atomic mass is 10.0. The molecule has 0 radical (unpaired) electrons. The highest BCUT2D eigenvalue weighted by atomic mass is 35.5. The number of benzene rings is 1. The zero-order chi connectivity index (χ0) is 9.97. The second-order valence-electron chi connectivity index (χ2n) is 3.72. The second-order valence-corrected chi connectivity index (χ2v) is 4.13. The fourth-order valence-corrected chi connectivity index (χ4v) is 1.90. The Morgan fingerprint density at radius 2 is 2.13 bits per heavy atom. The smallest absolute Gasteiger partial charge is 0.0447 e. The number of aryl methyl sites for hydroxylation is 1. The maximum Gasteiger partial charge on any atom is 0.0447 e. The molecule has 0 saturated carbocycles. The molecule has 1 heterocycles. The van der Waals surface area contributed by atoms with Gasteiger partial charge in [0, 0.05) is 30.7 Å². The predicted octanol–water partition coefficient (Wildman–Crippen LogP) is 2.30. The van der Waals surface area contributed by atoms with Crippen molar-refractivity contribution in [2.24, 2.45) is 0 Å². The van der Waals surface area contributed by atoms with Gasteiger partial charge < -0.3 is 10.6 Å². The van der Waals surface area contributed by atoms with Gasteiger partial charge >= 0.3 is 0 Å². The lowest BCUT2D eigenvalue weighted by Gasteiger charge is -2.25. The van der Waals surface area contributed by atoms with E-state index in [9.17, 15) is 0 Å². The monoisotopic (exact) mass is 246 g/mol. The van der Waals surface area contributed by atoms with Gasteiger partial charge in [0.1, 0.15) is 0 Å². The van der Waals surface area contributed by atoms with Crippen LogP contribution in [0.3, 0.4) is 0 Å². The Morgan fingerprint density at radius 1 is 1.33 bits per heavy atom. The Labute approximate surface area is 102 Å². The molecule has 15 heavy (non-hydrogen) atoms. The molecule has 1 aromatic rings. The van der Waals surface area contributed by atoms with Crippen LogP contribution in [-0.2, 0) is 0 Å². The highest BCUT2D eigenvalue weighted by Gasteiger charge is 2.14. The Balaban J connectivity index is 0.00000112. The van der Waals surface area contributed by atoms with Crippen LogP contribution in [0.5, 0.6) is 0 Å². The van der Waals surface area contributed by atoms with E-state index >= 15 is 0 Å². The lowest BCUT2D eigenvalue weighted by molar-refractivity contribution is 0.430. The summed E-state index contributed by atoms with van der Waals surface area (Å²) in [5.41, 5.74) is 2.41. The van der Waals surface area contributed by atoms with Crippen molar-refractivity contribution in [1.29, 1.82) is 0 Å². The SMILES string of the molecule is Cc1ccc([C@@H]2CNCCN2)cc1Cl.Cl. The molecule has 84 valence electrons. The summed E-state index contributed by atoms with van der Waals surface area (Å²) in [6, 6.07) is 6.68. The minimum absolute atomic E-state index is 0. The first-order chi connectivity index (χ1) is 6.77. The Kier molecular flexibility index (Phi) is 4.87. The summed E-state index contributed by atoms with van der Waals surface area (Å²) in [5.74, 6) is 0. The van der Waals surface area contributed by atoms with Crippen molar-refractivity contribution in [2.45, 2.75) is 13.0 Å². The van der Waals surface area contributed by atoms with Crippen LogP contribution in [0.4, 0.5) is 0 Å².